The fourth-order valence-electron chi connectivity index (χ4n) is 2.74. The molecule has 0 bridgehead atoms. The Bertz CT molecular complexity index is 853. The second kappa shape index (κ2) is 15.8. The summed E-state index contributed by atoms with van der Waals surface area (Å²) in [5, 5.41) is 0. The van der Waals surface area contributed by atoms with E-state index in [0.717, 1.165) is 0 Å². The van der Waals surface area contributed by atoms with Crippen molar-refractivity contribution in [2.24, 2.45) is 16.2 Å². The zero-order valence-electron chi connectivity index (χ0n) is 24.2. The topological polar surface area (TPSA) is 0 Å². The van der Waals surface area contributed by atoms with Crippen molar-refractivity contribution in [2.45, 2.75) is 62.3 Å². The van der Waals surface area contributed by atoms with Crippen molar-refractivity contribution < 1.29 is 19.2 Å². The minimum atomic E-state index is -2.75. The molecule has 0 atom stereocenters. The molecular weight excluding hydrogens is 665 g/mol. The van der Waals surface area contributed by atoms with Gasteiger partial charge < -0.3 is 20.8 Å². The summed E-state index contributed by atoms with van der Waals surface area (Å²) < 4.78 is 8.18. The predicted molar refractivity (Wildman–Crippen MR) is 162 cm³/mol. The van der Waals surface area contributed by atoms with Crippen molar-refractivity contribution in [3.05, 3.63) is 112 Å². The molecular formula is C34H48GeW-3. The molecule has 0 aliphatic carbocycles. The Morgan fingerprint density at radius 3 is 0.778 bits per heavy atom. The fourth-order valence-corrected chi connectivity index (χ4v) is 16.5. The zero-order valence-corrected chi connectivity index (χ0v) is 29.2. The van der Waals surface area contributed by atoms with Crippen LogP contribution in [-0.2, 0) is 19.2 Å². The quantitative estimate of drug-likeness (QED) is 0.192. The van der Waals surface area contributed by atoms with Crippen LogP contribution in [-0.4, -0.2) is 13.3 Å². The molecule has 0 N–H and O–H groups in total. The average Bonchev–Trinajstić information content (AvgIpc) is 2.74. The molecule has 0 saturated heterocycles. The molecule has 0 unspecified atom stereocenters. The molecule has 0 saturated carbocycles. The van der Waals surface area contributed by atoms with E-state index in [1.807, 2.05) is 0 Å². The third kappa shape index (κ3) is 17.2. The van der Waals surface area contributed by atoms with E-state index in [0.29, 0.717) is 0 Å². The third-order valence-corrected chi connectivity index (χ3v) is 17.7. The molecule has 2 heteroatoms. The van der Waals surface area contributed by atoms with Crippen molar-refractivity contribution in [3.63, 3.8) is 0 Å². The van der Waals surface area contributed by atoms with E-state index in [1.165, 1.54) is 32.3 Å². The molecule has 3 rings (SSSR count). The van der Waals surface area contributed by atoms with E-state index < -0.39 is 13.3 Å². The van der Waals surface area contributed by atoms with Gasteiger partial charge in [0.05, 0.1) is 0 Å². The normalized spacial score (nSPS) is 11.3. The zero-order chi connectivity index (χ0) is 28.0. The molecule has 3 aromatic carbocycles. The molecule has 0 spiro atoms. The summed E-state index contributed by atoms with van der Waals surface area (Å²) in [6, 6.07) is 32.8. The van der Waals surface area contributed by atoms with Crippen LogP contribution in [0.4, 0.5) is 0 Å². The van der Waals surface area contributed by atoms with Crippen LogP contribution in [0.5, 0.6) is 0 Å². The molecule has 0 aliphatic rings. The van der Waals surface area contributed by atoms with E-state index in [1.54, 1.807) is 0 Å². The van der Waals surface area contributed by atoms with Crippen LogP contribution in [0.15, 0.2) is 91.0 Å². The molecule has 0 aromatic heterocycles. The monoisotopic (exact) mass is 714 g/mol. The average molecular weight is 713 g/mol. The standard InChI is InChI=1S/C19H15Ge.3C5H11.W/c1-20(17-11-5-2-6-12-17,18-13-7-3-8-14-18)19-15-9-4-10-16-19;3*1-5(2,3)4;/h2-16H;3*1H2,2-4H3;/q;3*-1;. The van der Waals surface area contributed by atoms with Gasteiger partial charge in [-0.25, -0.2) is 0 Å². The van der Waals surface area contributed by atoms with Crippen molar-refractivity contribution in [1.82, 2.24) is 0 Å². The first-order valence-electron chi connectivity index (χ1n) is 12.5. The van der Waals surface area contributed by atoms with Crippen LogP contribution in [0.25, 0.3) is 0 Å². The number of hydrogen-bond donors (Lipinski definition) is 0. The van der Waals surface area contributed by atoms with Gasteiger partial charge >= 0.3 is 140 Å². The van der Waals surface area contributed by atoms with Crippen LogP contribution in [0.3, 0.4) is 0 Å². The molecule has 0 amide bonds. The van der Waals surface area contributed by atoms with Gasteiger partial charge in [0.15, 0.2) is 0 Å². The Hall–Kier alpha value is -1.33. The van der Waals surface area contributed by atoms with Crippen LogP contribution in [0.2, 0.25) is 0 Å². The maximum atomic E-state index is 3.84. The molecule has 0 fully saturated rings. The summed E-state index contributed by atoms with van der Waals surface area (Å²) in [4.78, 5) is 0. The van der Waals surface area contributed by atoms with Crippen LogP contribution in [0, 0.1) is 40.1 Å². The fraction of sp³-hybridized carbons (Fsp3) is 0.353. The molecule has 3 aromatic rings. The SMILES string of the molecule is [CH2-]C(C)(C)C.[CH2-]C(C)(C)C.[CH2-]C(C)(C)C.[W]#[C][Ge]([c]1ccccc1)([c]1ccccc1)[c]1ccccc1. The first kappa shape index (κ1) is 34.7. The second-order valence-corrected chi connectivity index (χ2v) is 23.7. The van der Waals surface area contributed by atoms with Crippen LogP contribution in [0.1, 0.15) is 62.3 Å². The molecule has 0 heterocycles. The van der Waals surface area contributed by atoms with Crippen LogP contribution >= 0.6 is 0 Å². The van der Waals surface area contributed by atoms with Gasteiger partial charge in [0.25, 0.3) is 0 Å². The van der Waals surface area contributed by atoms with E-state index in [4.69, 9.17) is 0 Å². The van der Waals surface area contributed by atoms with Crippen molar-refractivity contribution in [3.8, 4) is 3.03 Å². The first-order valence-corrected chi connectivity index (χ1v) is 18.2. The van der Waals surface area contributed by atoms with Gasteiger partial charge in [0.2, 0.25) is 0 Å². The Balaban J connectivity index is 0.000000672. The minimum absolute atomic E-state index is 0.250. The van der Waals surface area contributed by atoms with E-state index in [-0.39, 0.29) is 16.2 Å². The Labute approximate surface area is 237 Å². The summed E-state index contributed by atoms with van der Waals surface area (Å²) in [7, 11) is 0. The van der Waals surface area contributed by atoms with Crippen molar-refractivity contribution in [1.29, 1.82) is 0 Å². The van der Waals surface area contributed by atoms with Gasteiger partial charge in [0.1, 0.15) is 0 Å². The Morgan fingerprint density at radius 1 is 0.472 bits per heavy atom. The summed E-state index contributed by atoms with van der Waals surface area (Å²) in [6.45, 7) is 30.0. The Kier molecular flexibility index (Phi) is 15.2. The second-order valence-electron chi connectivity index (χ2n) is 12.6. The van der Waals surface area contributed by atoms with Gasteiger partial charge in [0, 0.05) is 0 Å². The molecule has 0 aliphatic heterocycles. The number of hydrogen-bond acceptors (Lipinski definition) is 0. The van der Waals surface area contributed by atoms with Gasteiger partial charge in [-0.15, -0.1) is 0 Å². The van der Waals surface area contributed by atoms with E-state index in [2.05, 4.69) is 177 Å². The van der Waals surface area contributed by atoms with Gasteiger partial charge in [-0.05, 0) is 0 Å². The van der Waals surface area contributed by atoms with E-state index >= 15 is 0 Å². The van der Waals surface area contributed by atoms with Gasteiger partial charge in [-0.3, -0.25) is 0 Å². The molecule has 0 radical (unpaired) electrons. The summed E-state index contributed by atoms with van der Waals surface area (Å²) >= 11 is -1.32. The van der Waals surface area contributed by atoms with E-state index in [9.17, 15) is 0 Å². The molecule has 36 heavy (non-hydrogen) atoms. The van der Waals surface area contributed by atoms with Crippen molar-refractivity contribution in [2.75, 3.05) is 0 Å². The third-order valence-electron chi connectivity index (χ3n) is 3.77. The van der Waals surface area contributed by atoms with Gasteiger partial charge in [-0.1, -0.05) is 62.3 Å². The summed E-state index contributed by atoms with van der Waals surface area (Å²) in [6.07, 6.45) is 0. The maximum absolute atomic E-state index is 3.84. The Morgan fingerprint density at radius 2 is 0.639 bits per heavy atom. The predicted octanol–water partition coefficient (Wildman–Crippen LogP) is 7.80. The van der Waals surface area contributed by atoms with Gasteiger partial charge in [-0.2, -0.15) is 16.2 Å². The van der Waals surface area contributed by atoms with Crippen LogP contribution < -0.4 is 13.2 Å². The molecule has 197 valence electrons. The van der Waals surface area contributed by atoms with Crippen molar-refractivity contribution >= 4 is 26.5 Å². The molecule has 0 nitrogen and oxygen atoms in total. The number of rotatable bonds is 3. The summed E-state index contributed by atoms with van der Waals surface area (Å²) in [5.41, 5.74) is 0.750. The summed E-state index contributed by atoms with van der Waals surface area (Å²) in [5.74, 6) is 0. The number of benzene rings is 3. The first-order chi connectivity index (χ1) is 16.4.